The highest BCUT2D eigenvalue weighted by molar-refractivity contribution is 6.13. The van der Waals surface area contributed by atoms with Crippen molar-refractivity contribution < 1.29 is 14.3 Å². The molecule has 204 valence electrons. The number of aromatic nitrogens is 2. The maximum atomic E-state index is 13.4. The summed E-state index contributed by atoms with van der Waals surface area (Å²) in [6, 6.07) is 12.9. The van der Waals surface area contributed by atoms with E-state index in [0.29, 0.717) is 40.0 Å². The second-order valence-electron chi connectivity index (χ2n) is 10.3. The molecule has 2 N–H and O–H groups in total. The molecule has 2 amide bonds. The Kier molecular flexibility index (Phi) is 7.38. The Bertz CT molecular complexity index is 1390. The normalized spacial score (nSPS) is 16.0. The molecule has 2 aliphatic rings. The Labute approximate surface area is 229 Å². The first-order valence-electron chi connectivity index (χ1n) is 13.2. The zero-order valence-corrected chi connectivity index (χ0v) is 23.1. The molecule has 1 saturated heterocycles. The number of amides is 2. The number of hydrogen-bond donors (Lipinski definition) is 2. The minimum Gasteiger partial charge on any atom is -0.495 e. The number of ether oxygens (including phenoxy) is 1. The van der Waals surface area contributed by atoms with Gasteiger partial charge in [-0.15, -0.1) is 0 Å². The molecule has 5 rings (SSSR count). The molecule has 0 unspecified atom stereocenters. The van der Waals surface area contributed by atoms with E-state index >= 15 is 0 Å². The number of carbonyl (C=O) groups excluding carboxylic acids is 2. The molecule has 0 radical (unpaired) electrons. The van der Waals surface area contributed by atoms with Gasteiger partial charge in [-0.25, -0.2) is 4.98 Å². The van der Waals surface area contributed by atoms with Gasteiger partial charge in [0.15, 0.2) is 5.82 Å². The van der Waals surface area contributed by atoms with Crippen LogP contribution in [0.5, 0.6) is 5.75 Å². The number of nitrogens with one attached hydrogen (secondary N) is 2. The third-order valence-corrected chi connectivity index (χ3v) is 7.32. The topological polar surface area (TPSA) is 103 Å². The first-order chi connectivity index (χ1) is 18.8. The molecular formula is C29H35N7O3. The average molecular weight is 530 g/mol. The van der Waals surface area contributed by atoms with Gasteiger partial charge in [0, 0.05) is 24.7 Å². The first kappa shape index (κ1) is 26.4. The Morgan fingerprint density at radius 2 is 1.82 bits per heavy atom. The van der Waals surface area contributed by atoms with Crippen molar-refractivity contribution in [3.8, 4) is 5.75 Å². The molecule has 0 atom stereocenters. The molecule has 2 aliphatic heterocycles. The molecule has 1 aromatic heterocycles. The number of piperidine rings is 1. The van der Waals surface area contributed by atoms with Crippen LogP contribution in [0, 0.1) is 0 Å². The molecule has 0 spiro atoms. The summed E-state index contributed by atoms with van der Waals surface area (Å²) in [5.74, 6) is 1.24. The highest BCUT2D eigenvalue weighted by atomic mass is 16.5. The average Bonchev–Trinajstić information content (AvgIpc) is 3.03. The fraction of sp³-hybridized carbons (Fsp3) is 0.379. The van der Waals surface area contributed by atoms with Gasteiger partial charge in [0.2, 0.25) is 5.95 Å². The molecule has 3 aromatic rings. The fourth-order valence-electron chi connectivity index (χ4n) is 5.13. The monoisotopic (exact) mass is 529 g/mol. The van der Waals surface area contributed by atoms with Gasteiger partial charge in [-0.2, -0.15) is 4.98 Å². The number of carbonyl (C=O) groups is 2. The van der Waals surface area contributed by atoms with E-state index in [1.807, 2.05) is 50.1 Å². The van der Waals surface area contributed by atoms with Gasteiger partial charge in [-0.1, -0.05) is 12.1 Å². The largest absolute Gasteiger partial charge is 0.495 e. The highest BCUT2D eigenvalue weighted by Gasteiger charge is 2.32. The van der Waals surface area contributed by atoms with Crippen LogP contribution < -0.4 is 25.2 Å². The van der Waals surface area contributed by atoms with Crippen molar-refractivity contribution in [3.63, 3.8) is 0 Å². The first-order valence-corrected chi connectivity index (χ1v) is 13.2. The summed E-state index contributed by atoms with van der Waals surface area (Å²) >= 11 is 0. The van der Waals surface area contributed by atoms with Crippen LogP contribution >= 0.6 is 0 Å². The molecule has 0 saturated carbocycles. The Balaban J connectivity index is 1.41. The second kappa shape index (κ2) is 10.9. The van der Waals surface area contributed by atoms with Crippen LogP contribution in [0.4, 0.5) is 28.8 Å². The predicted octanol–water partition coefficient (Wildman–Crippen LogP) is 4.19. The van der Waals surface area contributed by atoms with Gasteiger partial charge in [0.25, 0.3) is 11.8 Å². The van der Waals surface area contributed by atoms with Crippen molar-refractivity contribution in [3.05, 3.63) is 59.8 Å². The molecule has 2 aromatic carbocycles. The number of nitrogens with zero attached hydrogens (tertiary/aromatic N) is 5. The molecule has 3 heterocycles. The van der Waals surface area contributed by atoms with E-state index in [2.05, 4.69) is 27.6 Å². The minimum absolute atomic E-state index is 0.0912. The number of anilines is 5. The van der Waals surface area contributed by atoms with Crippen LogP contribution in [0.15, 0.2) is 48.7 Å². The van der Waals surface area contributed by atoms with Crippen LogP contribution in [-0.2, 0) is 0 Å². The number of hydrogen-bond acceptors (Lipinski definition) is 8. The van der Waals surface area contributed by atoms with Gasteiger partial charge >= 0.3 is 0 Å². The fourth-order valence-corrected chi connectivity index (χ4v) is 5.13. The highest BCUT2D eigenvalue weighted by Crippen LogP contribution is 2.40. The number of para-hydroxylation sites is 1. The van der Waals surface area contributed by atoms with E-state index in [1.54, 1.807) is 36.4 Å². The molecule has 0 aliphatic carbocycles. The van der Waals surface area contributed by atoms with Crippen molar-refractivity contribution in [1.82, 2.24) is 20.2 Å². The molecule has 0 bridgehead atoms. The summed E-state index contributed by atoms with van der Waals surface area (Å²) in [5.41, 5.74) is 3.17. The quantitative estimate of drug-likeness (QED) is 0.490. The SMILES string of the molecule is COc1cc(C(=O)NC2CCN(C)CC2)ccc1Nc1ncc2c(n1)N(C)c1ccccc1C(=O)N2C(C)C. The molecule has 1 fully saturated rings. The Morgan fingerprint density at radius 3 is 2.54 bits per heavy atom. The van der Waals surface area contributed by atoms with E-state index in [0.717, 1.165) is 31.6 Å². The summed E-state index contributed by atoms with van der Waals surface area (Å²) in [6.07, 6.45) is 3.54. The standard InChI is InChI=1S/C29H35N7O3/c1-18(2)36-24-17-30-29(33-26(24)35(4)23-9-7-6-8-21(23)28(36)38)32-22-11-10-19(16-25(22)39-5)27(37)31-20-12-14-34(3)15-13-20/h6-11,16-18,20H,12-15H2,1-5H3,(H,31,37)(H,30,32,33). The van der Waals surface area contributed by atoms with Crippen molar-refractivity contribution in [2.45, 2.75) is 38.8 Å². The maximum absolute atomic E-state index is 13.4. The zero-order valence-electron chi connectivity index (χ0n) is 23.1. The number of rotatable bonds is 6. The maximum Gasteiger partial charge on any atom is 0.260 e. The van der Waals surface area contributed by atoms with Crippen LogP contribution in [0.25, 0.3) is 0 Å². The van der Waals surface area contributed by atoms with Crippen LogP contribution in [0.2, 0.25) is 0 Å². The van der Waals surface area contributed by atoms with Crippen LogP contribution in [0.1, 0.15) is 47.4 Å². The lowest BCUT2D eigenvalue weighted by Crippen LogP contribution is -2.43. The van der Waals surface area contributed by atoms with E-state index in [9.17, 15) is 9.59 Å². The summed E-state index contributed by atoms with van der Waals surface area (Å²) in [7, 11) is 5.55. The van der Waals surface area contributed by atoms with Crippen molar-refractivity contribution in [1.29, 1.82) is 0 Å². The van der Waals surface area contributed by atoms with Crippen molar-refractivity contribution in [2.75, 3.05) is 49.4 Å². The van der Waals surface area contributed by atoms with Gasteiger partial charge in [0.05, 0.1) is 30.2 Å². The number of likely N-dealkylation sites (tertiary alicyclic amines) is 1. The summed E-state index contributed by atoms with van der Waals surface area (Å²) in [6.45, 7) is 5.89. The third-order valence-electron chi connectivity index (χ3n) is 7.32. The minimum atomic E-state index is -0.116. The number of fused-ring (bicyclic) bond motifs is 2. The molecule has 10 heteroatoms. The molecular weight excluding hydrogens is 494 g/mol. The van der Waals surface area contributed by atoms with Crippen molar-refractivity contribution >= 4 is 40.6 Å². The van der Waals surface area contributed by atoms with Gasteiger partial charge in [-0.3, -0.25) is 9.59 Å². The third kappa shape index (κ3) is 5.24. The van der Waals surface area contributed by atoms with Crippen LogP contribution in [0.3, 0.4) is 0 Å². The number of benzene rings is 2. The lowest BCUT2D eigenvalue weighted by Gasteiger charge is -2.29. The van der Waals surface area contributed by atoms with E-state index in [4.69, 9.17) is 9.72 Å². The Hall–Kier alpha value is -4.18. The lowest BCUT2D eigenvalue weighted by atomic mass is 10.0. The zero-order chi connectivity index (χ0) is 27.7. The second-order valence-corrected chi connectivity index (χ2v) is 10.3. The van der Waals surface area contributed by atoms with Crippen LogP contribution in [-0.4, -0.2) is 73.1 Å². The predicted molar refractivity (Wildman–Crippen MR) is 153 cm³/mol. The Morgan fingerprint density at radius 1 is 1.08 bits per heavy atom. The van der Waals surface area contributed by atoms with Gasteiger partial charge in [-0.05, 0) is 77.2 Å². The lowest BCUT2D eigenvalue weighted by molar-refractivity contribution is 0.0915. The van der Waals surface area contributed by atoms with Gasteiger partial charge < -0.3 is 30.1 Å². The number of methoxy groups -OCH3 is 1. The smallest absolute Gasteiger partial charge is 0.260 e. The molecule has 39 heavy (non-hydrogen) atoms. The summed E-state index contributed by atoms with van der Waals surface area (Å²) < 4.78 is 5.61. The summed E-state index contributed by atoms with van der Waals surface area (Å²) in [4.78, 5) is 41.6. The van der Waals surface area contributed by atoms with E-state index in [1.165, 1.54) is 0 Å². The van der Waals surface area contributed by atoms with Crippen molar-refractivity contribution in [2.24, 2.45) is 0 Å². The van der Waals surface area contributed by atoms with Gasteiger partial charge in [0.1, 0.15) is 11.4 Å². The summed E-state index contributed by atoms with van der Waals surface area (Å²) in [5, 5.41) is 6.37. The molecule has 10 nitrogen and oxygen atoms in total. The van der Waals surface area contributed by atoms with E-state index < -0.39 is 0 Å². The van der Waals surface area contributed by atoms with E-state index in [-0.39, 0.29) is 23.9 Å².